The van der Waals surface area contributed by atoms with Crippen molar-refractivity contribution < 1.29 is 0 Å². The van der Waals surface area contributed by atoms with Crippen molar-refractivity contribution >= 4 is 0 Å². The third-order valence-corrected chi connectivity index (χ3v) is 1.81. The molecular formula is C10H17N3. The van der Waals surface area contributed by atoms with Gasteiger partial charge in [-0.25, -0.2) is 9.97 Å². The standard InChI is InChI=1S/C10H17N3/c1-8-7-9(2)12-10(11-8)5-6-13(3)4/h7H,5-6H2,1-4H3. The van der Waals surface area contributed by atoms with Gasteiger partial charge in [0.2, 0.25) is 0 Å². The van der Waals surface area contributed by atoms with Crippen LogP contribution in [-0.4, -0.2) is 35.5 Å². The van der Waals surface area contributed by atoms with Crippen molar-refractivity contribution in [3.8, 4) is 0 Å². The van der Waals surface area contributed by atoms with E-state index in [0.717, 1.165) is 30.2 Å². The van der Waals surface area contributed by atoms with Gasteiger partial charge in [-0.3, -0.25) is 0 Å². The largest absolute Gasteiger partial charge is 0.309 e. The first kappa shape index (κ1) is 10.1. The Bertz CT molecular complexity index is 261. The van der Waals surface area contributed by atoms with Crippen LogP contribution in [0.3, 0.4) is 0 Å². The molecule has 0 bridgehead atoms. The number of likely N-dealkylation sites (N-methyl/N-ethyl adjacent to an activating group) is 1. The lowest BCUT2D eigenvalue weighted by atomic mass is 10.3. The maximum atomic E-state index is 4.37. The van der Waals surface area contributed by atoms with Gasteiger partial charge in [0.1, 0.15) is 5.82 Å². The summed E-state index contributed by atoms with van der Waals surface area (Å²) < 4.78 is 0. The number of aryl methyl sites for hydroxylation is 2. The minimum atomic E-state index is 0.926. The molecule has 0 aliphatic rings. The maximum absolute atomic E-state index is 4.37. The van der Waals surface area contributed by atoms with E-state index in [0.29, 0.717) is 0 Å². The van der Waals surface area contributed by atoms with Crippen LogP contribution in [0.5, 0.6) is 0 Å². The Morgan fingerprint density at radius 2 is 1.69 bits per heavy atom. The Balaban J connectivity index is 2.66. The summed E-state index contributed by atoms with van der Waals surface area (Å²) in [4.78, 5) is 10.9. The number of rotatable bonds is 3. The zero-order chi connectivity index (χ0) is 9.84. The summed E-state index contributed by atoms with van der Waals surface area (Å²) in [5.41, 5.74) is 2.11. The van der Waals surface area contributed by atoms with E-state index in [1.807, 2.05) is 19.9 Å². The molecule has 0 radical (unpaired) electrons. The minimum Gasteiger partial charge on any atom is -0.309 e. The average Bonchev–Trinajstić information content (AvgIpc) is 1.99. The summed E-state index contributed by atoms with van der Waals surface area (Å²) in [7, 11) is 4.12. The van der Waals surface area contributed by atoms with E-state index in [2.05, 4.69) is 29.0 Å². The summed E-state index contributed by atoms with van der Waals surface area (Å²) in [6.45, 7) is 5.02. The molecular weight excluding hydrogens is 162 g/mol. The number of hydrogen-bond acceptors (Lipinski definition) is 3. The van der Waals surface area contributed by atoms with Gasteiger partial charge in [0.05, 0.1) is 0 Å². The molecule has 0 spiro atoms. The van der Waals surface area contributed by atoms with E-state index in [4.69, 9.17) is 0 Å². The maximum Gasteiger partial charge on any atom is 0.130 e. The second kappa shape index (κ2) is 4.33. The number of aromatic nitrogens is 2. The molecule has 0 N–H and O–H groups in total. The molecule has 72 valence electrons. The first-order valence-corrected chi connectivity index (χ1v) is 4.54. The molecule has 0 aliphatic heterocycles. The molecule has 0 saturated heterocycles. The lowest BCUT2D eigenvalue weighted by Gasteiger charge is -2.08. The molecule has 0 aliphatic carbocycles. The lowest BCUT2D eigenvalue weighted by molar-refractivity contribution is 0.409. The first-order valence-electron chi connectivity index (χ1n) is 4.54. The molecule has 1 heterocycles. The zero-order valence-electron chi connectivity index (χ0n) is 8.83. The molecule has 0 atom stereocenters. The van der Waals surface area contributed by atoms with Crippen LogP contribution < -0.4 is 0 Å². The van der Waals surface area contributed by atoms with Crippen molar-refractivity contribution in [2.75, 3.05) is 20.6 Å². The highest BCUT2D eigenvalue weighted by atomic mass is 15.1. The molecule has 1 aromatic heterocycles. The number of nitrogens with zero attached hydrogens (tertiary/aromatic N) is 3. The van der Waals surface area contributed by atoms with Gasteiger partial charge in [0, 0.05) is 24.4 Å². The van der Waals surface area contributed by atoms with Crippen LogP contribution in [0.1, 0.15) is 17.2 Å². The summed E-state index contributed by atoms with van der Waals surface area (Å²) >= 11 is 0. The predicted octanol–water partition coefficient (Wildman–Crippen LogP) is 1.20. The smallest absolute Gasteiger partial charge is 0.130 e. The third-order valence-electron chi connectivity index (χ3n) is 1.81. The Morgan fingerprint density at radius 3 is 2.15 bits per heavy atom. The molecule has 1 rings (SSSR count). The average molecular weight is 179 g/mol. The fourth-order valence-corrected chi connectivity index (χ4v) is 1.23. The molecule has 1 aromatic rings. The normalized spacial score (nSPS) is 10.8. The van der Waals surface area contributed by atoms with Gasteiger partial charge in [0.15, 0.2) is 0 Å². The van der Waals surface area contributed by atoms with E-state index in [1.165, 1.54) is 0 Å². The van der Waals surface area contributed by atoms with Crippen molar-refractivity contribution in [1.82, 2.24) is 14.9 Å². The monoisotopic (exact) mass is 179 g/mol. The fraction of sp³-hybridized carbons (Fsp3) is 0.600. The van der Waals surface area contributed by atoms with Crippen LogP contribution >= 0.6 is 0 Å². The van der Waals surface area contributed by atoms with E-state index < -0.39 is 0 Å². The SMILES string of the molecule is Cc1cc(C)nc(CCN(C)C)n1. The van der Waals surface area contributed by atoms with Gasteiger partial charge in [-0.1, -0.05) is 0 Å². The fourth-order valence-electron chi connectivity index (χ4n) is 1.23. The molecule has 0 unspecified atom stereocenters. The van der Waals surface area contributed by atoms with Gasteiger partial charge < -0.3 is 4.90 Å². The van der Waals surface area contributed by atoms with E-state index in [1.54, 1.807) is 0 Å². The highest BCUT2D eigenvalue weighted by Crippen LogP contribution is 2.00. The lowest BCUT2D eigenvalue weighted by Crippen LogP contribution is -2.16. The predicted molar refractivity (Wildman–Crippen MR) is 53.8 cm³/mol. The molecule has 13 heavy (non-hydrogen) atoms. The van der Waals surface area contributed by atoms with Crippen molar-refractivity contribution in [2.24, 2.45) is 0 Å². The number of hydrogen-bond donors (Lipinski definition) is 0. The zero-order valence-corrected chi connectivity index (χ0v) is 8.83. The van der Waals surface area contributed by atoms with Crippen LogP contribution in [0.25, 0.3) is 0 Å². The van der Waals surface area contributed by atoms with Crippen molar-refractivity contribution in [1.29, 1.82) is 0 Å². The summed E-state index contributed by atoms with van der Waals surface area (Å²) in [6.07, 6.45) is 0.926. The van der Waals surface area contributed by atoms with Crippen molar-refractivity contribution in [3.63, 3.8) is 0 Å². The summed E-state index contributed by atoms with van der Waals surface area (Å²) in [6, 6.07) is 2.00. The van der Waals surface area contributed by atoms with Gasteiger partial charge in [-0.15, -0.1) is 0 Å². The van der Waals surface area contributed by atoms with Crippen LogP contribution in [0.4, 0.5) is 0 Å². The molecule has 0 saturated carbocycles. The molecule has 3 heteroatoms. The minimum absolute atomic E-state index is 0.926. The van der Waals surface area contributed by atoms with E-state index >= 15 is 0 Å². The molecule has 0 aromatic carbocycles. The van der Waals surface area contributed by atoms with Crippen molar-refractivity contribution in [2.45, 2.75) is 20.3 Å². The van der Waals surface area contributed by atoms with Crippen molar-refractivity contribution in [3.05, 3.63) is 23.3 Å². The van der Waals surface area contributed by atoms with E-state index in [9.17, 15) is 0 Å². The summed E-state index contributed by atoms with van der Waals surface area (Å²) in [5, 5.41) is 0. The summed E-state index contributed by atoms with van der Waals surface area (Å²) in [5.74, 6) is 0.950. The van der Waals surface area contributed by atoms with Crippen LogP contribution in [0.15, 0.2) is 6.07 Å². The van der Waals surface area contributed by atoms with Crippen LogP contribution in [-0.2, 0) is 6.42 Å². The Morgan fingerprint density at radius 1 is 1.15 bits per heavy atom. The van der Waals surface area contributed by atoms with Crippen LogP contribution in [0, 0.1) is 13.8 Å². The second-order valence-electron chi connectivity index (χ2n) is 3.62. The Kier molecular flexibility index (Phi) is 3.37. The quantitative estimate of drug-likeness (QED) is 0.698. The topological polar surface area (TPSA) is 29.0 Å². The Labute approximate surface area is 79.8 Å². The van der Waals surface area contributed by atoms with Gasteiger partial charge in [0.25, 0.3) is 0 Å². The highest BCUT2D eigenvalue weighted by molar-refractivity contribution is 5.08. The van der Waals surface area contributed by atoms with E-state index in [-0.39, 0.29) is 0 Å². The van der Waals surface area contributed by atoms with Crippen LogP contribution in [0.2, 0.25) is 0 Å². The van der Waals surface area contributed by atoms with Gasteiger partial charge in [-0.2, -0.15) is 0 Å². The molecule has 3 nitrogen and oxygen atoms in total. The van der Waals surface area contributed by atoms with Gasteiger partial charge >= 0.3 is 0 Å². The second-order valence-corrected chi connectivity index (χ2v) is 3.62. The Hall–Kier alpha value is -0.960. The first-order chi connectivity index (χ1) is 6.08. The highest BCUT2D eigenvalue weighted by Gasteiger charge is 1.99. The van der Waals surface area contributed by atoms with Gasteiger partial charge in [-0.05, 0) is 34.0 Å². The molecule has 0 fully saturated rings. The third kappa shape index (κ3) is 3.51. The molecule has 0 amide bonds.